The van der Waals surface area contributed by atoms with Gasteiger partial charge in [0.15, 0.2) is 5.69 Å². The van der Waals surface area contributed by atoms with Gasteiger partial charge in [0.05, 0.1) is 22.7 Å². The Hall–Kier alpha value is -4.61. The first kappa shape index (κ1) is 18.6. The Morgan fingerprint density at radius 1 is 1.11 bits per heavy atom. The lowest BCUT2D eigenvalue weighted by atomic mass is 10.0. The summed E-state index contributed by atoms with van der Waals surface area (Å²) >= 11 is 0. The van der Waals surface area contributed by atoms with Crippen molar-refractivity contribution in [1.29, 1.82) is 0 Å². The molecule has 2 heterocycles. The molecule has 0 radical (unpaired) electrons. The van der Waals surface area contributed by atoms with E-state index in [1.807, 2.05) is 5.32 Å². The smallest absolute Gasteiger partial charge is 0.480 e. The number of pyridine rings is 1. The van der Waals surface area contributed by atoms with Crippen molar-refractivity contribution < 1.29 is 40.5 Å². The van der Waals surface area contributed by atoms with Crippen molar-refractivity contribution >= 4 is 22.7 Å². The van der Waals surface area contributed by atoms with Crippen molar-refractivity contribution in [2.75, 3.05) is 14.0 Å². The molecule has 0 bridgehead atoms. The van der Waals surface area contributed by atoms with Crippen LogP contribution in [0.25, 0.3) is 22.0 Å². The first-order valence-electron chi connectivity index (χ1n) is 13.6. The van der Waals surface area contributed by atoms with Gasteiger partial charge in [-0.1, -0.05) is 18.2 Å². The Balaban J connectivity index is 1.65. The maximum atomic E-state index is 13.3. The number of fused-ring (bicyclic) bond motifs is 1. The number of benzene rings is 2. The molecule has 0 saturated carbocycles. The van der Waals surface area contributed by atoms with Crippen LogP contribution in [0, 0.1) is 0 Å². The number of halogens is 3. The van der Waals surface area contributed by atoms with Crippen molar-refractivity contribution in [1.82, 2.24) is 25.8 Å². The third kappa shape index (κ3) is 5.63. The second-order valence-electron chi connectivity index (χ2n) is 7.78. The fraction of sp³-hybridized carbons (Fsp3) is 0.200. The summed E-state index contributed by atoms with van der Waals surface area (Å²) in [5.74, 6) is -2.77. The molecule has 0 saturated heterocycles. The van der Waals surface area contributed by atoms with Crippen LogP contribution < -0.4 is 20.1 Å². The third-order valence-corrected chi connectivity index (χ3v) is 5.36. The van der Waals surface area contributed by atoms with Gasteiger partial charge in [-0.2, -0.15) is 5.10 Å². The highest BCUT2D eigenvalue weighted by atomic mass is 19.4. The summed E-state index contributed by atoms with van der Waals surface area (Å²) in [6.07, 6.45) is -3.66. The number of rotatable bonds is 7. The number of methoxy groups -OCH3 is 1. The van der Waals surface area contributed by atoms with Gasteiger partial charge in [-0.05, 0) is 48.4 Å². The molecule has 37 heavy (non-hydrogen) atoms. The second-order valence-corrected chi connectivity index (χ2v) is 7.78. The molecule has 4 rings (SSSR count). The molecule has 12 heteroatoms. The van der Waals surface area contributed by atoms with Crippen LogP contribution in [-0.4, -0.2) is 47.4 Å². The van der Waals surface area contributed by atoms with Gasteiger partial charge in [-0.25, -0.2) is 4.98 Å². The third-order valence-electron chi connectivity index (χ3n) is 5.36. The van der Waals surface area contributed by atoms with E-state index in [1.54, 1.807) is 12.1 Å². The van der Waals surface area contributed by atoms with Crippen LogP contribution in [0.1, 0.15) is 47.6 Å². The van der Waals surface area contributed by atoms with E-state index in [-0.39, 0.29) is 16.8 Å². The molecule has 1 unspecified atom stereocenters. The molecule has 0 spiro atoms. The van der Waals surface area contributed by atoms with Crippen molar-refractivity contribution in [2.24, 2.45) is 0 Å². The monoisotopic (exact) mass is 519 g/mol. The zero-order valence-electron chi connectivity index (χ0n) is 24.9. The van der Waals surface area contributed by atoms with E-state index in [4.69, 9.17) is 13.0 Å². The molecule has 2 aromatic carbocycles. The number of nitrogens with one attached hydrogen (secondary N) is 3. The van der Waals surface area contributed by atoms with E-state index < -0.39 is 49.9 Å². The number of H-pyrrole nitrogens is 1. The number of nitrogens with zero attached hydrogens (tertiary/aromatic N) is 2. The highest BCUT2D eigenvalue weighted by Gasteiger charge is 2.31. The van der Waals surface area contributed by atoms with E-state index in [9.17, 15) is 22.8 Å². The highest BCUT2D eigenvalue weighted by Crippen LogP contribution is 2.29. The lowest BCUT2D eigenvalue weighted by molar-refractivity contribution is -0.274. The van der Waals surface area contributed by atoms with Gasteiger partial charge in [0.2, 0.25) is 5.88 Å². The van der Waals surface area contributed by atoms with Crippen LogP contribution >= 0.6 is 0 Å². The van der Waals surface area contributed by atoms with Crippen LogP contribution in [0.15, 0.2) is 54.7 Å². The average Bonchev–Trinajstić information content (AvgIpc) is 3.30. The van der Waals surface area contributed by atoms with Crippen LogP contribution in [0.3, 0.4) is 0 Å². The Bertz CT molecular complexity index is 1670. The van der Waals surface area contributed by atoms with E-state index in [1.165, 1.54) is 37.4 Å². The summed E-state index contributed by atoms with van der Waals surface area (Å²) in [5.41, 5.74) is 0.936. The Kier molecular flexibility index (Phi) is 5.12. The Morgan fingerprint density at radius 2 is 1.95 bits per heavy atom. The lowest BCUT2D eigenvalue weighted by Gasteiger charge is -2.17. The predicted molar refractivity (Wildman–Crippen MR) is 128 cm³/mol. The van der Waals surface area contributed by atoms with Crippen molar-refractivity contribution in [2.45, 2.75) is 19.3 Å². The highest BCUT2D eigenvalue weighted by molar-refractivity contribution is 6.05. The number of hydrogen-bond donors (Lipinski definition) is 3. The summed E-state index contributed by atoms with van der Waals surface area (Å²) in [7, 11) is -2.96. The number of carbonyl (C=O) groups excluding carboxylic acids is 2. The summed E-state index contributed by atoms with van der Waals surface area (Å²) < 4.78 is 90.7. The Morgan fingerprint density at radius 3 is 2.70 bits per heavy atom. The summed E-state index contributed by atoms with van der Waals surface area (Å²) in [5, 5.41) is 11.3. The van der Waals surface area contributed by atoms with E-state index in [0.717, 1.165) is 12.1 Å². The largest absolute Gasteiger partial charge is 0.573 e. The van der Waals surface area contributed by atoms with Crippen molar-refractivity contribution in [3.05, 3.63) is 71.5 Å². The molecular weight excluding hydrogens is 491 g/mol. The summed E-state index contributed by atoms with van der Waals surface area (Å²) in [4.78, 5) is 29.6. The minimum Gasteiger partial charge on any atom is -0.480 e. The van der Waals surface area contributed by atoms with E-state index in [2.05, 4.69) is 25.2 Å². The molecule has 2 amide bonds. The average molecular weight is 520 g/mol. The van der Waals surface area contributed by atoms with Crippen LogP contribution in [0.5, 0.6) is 11.6 Å². The van der Waals surface area contributed by atoms with Gasteiger partial charge in [0, 0.05) is 28.2 Å². The summed E-state index contributed by atoms with van der Waals surface area (Å²) in [6.45, 7) is -1.22. The first-order valence-corrected chi connectivity index (χ1v) is 10.6. The number of hydrogen-bond acceptors (Lipinski definition) is 6. The predicted octanol–water partition coefficient (Wildman–Crippen LogP) is 4.38. The molecular formula is C25H22F3N5O4. The van der Waals surface area contributed by atoms with Crippen molar-refractivity contribution in [3.63, 3.8) is 0 Å². The Labute approximate surface area is 217 Å². The van der Waals surface area contributed by atoms with E-state index in [0.29, 0.717) is 22.0 Å². The SMILES string of the molecule is [2H]C([2H])([2H])NC(=O)c1n[nH]c2cc(-c3cnc(OC([2H])([2H])[2H])c(C(=O)NC(C)c4cccc(OC(F)(F)F)c4)c3)ccc12. The molecule has 0 aliphatic heterocycles. The lowest BCUT2D eigenvalue weighted by Crippen LogP contribution is -2.27. The molecule has 2 aromatic heterocycles. The normalized spacial score (nSPS) is 15.2. The fourth-order valence-corrected chi connectivity index (χ4v) is 3.62. The number of amides is 2. The molecule has 0 aliphatic rings. The molecule has 9 nitrogen and oxygen atoms in total. The number of alkyl halides is 3. The number of aromatic nitrogens is 3. The molecule has 0 fully saturated rings. The number of aromatic amines is 1. The quantitative estimate of drug-likeness (QED) is 0.334. The summed E-state index contributed by atoms with van der Waals surface area (Å²) in [6, 6.07) is 10.0. The zero-order chi connectivity index (χ0) is 31.7. The van der Waals surface area contributed by atoms with Crippen LogP contribution in [0.4, 0.5) is 13.2 Å². The standard InChI is InChI=1S/C25H22F3N5O4/c1-13(14-5-4-6-17(9-14)37-25(26,27)28)31-22(34)19-10-16(12-30-24(19)36-3)15-7-8-18-20(11-15)32-33-21(18)23(35)29-2/h4-13H,1-3H3,(H,29,35)(H,31,34)(H,32,33)/i2D3,3D3. The van der Waals surface area contributed by atoms with Gasteiger partial charge in [0.25, 0.3) is 11.8 Å². The minimum atomic E-state index is -4.91. The van der Waals surface area contributed by atoms with Crippen LogP contribution in [-0.2, 0) is 0 Å². The van der Waals surface area contributed by atoms with E-state index >= 15 is 0 Å². The molecule has 4 aromatic rings. The fourth-order valence-electron chi connectivity index (χ4n) is 3.62. The number of carbonyl (C=O) groups is 2. The minimum absolute atomic E-state index is 0.156. The van der Waals surface area contributed by atoms with Gasteiger partial charge in [-0.3, -0.25) is 14.7 Å². The molecule has 3 N–H and O–H groups in total. The maximum absolute atomic E-state index is 13.3. The number of ether oxygens (including phenoxy) is 2. The topological polar surface area (TPSA) is 118 Å². The zero-order valence-corrected chi connectivity index (χ0v) is 18.9. The maximum Gasteiger partial charge on any atom is 0.573 e. The first-order chi connectivity index (χ1) is 19.9. The van der Waals surface area contributed by atoms with Crippen LogP contribution in [0.2, 0.25) is 0 Å². The van der Waals surface area contributed by atoms with Gasteiger partial charge in [-0.15, -0.1) is 13.2 Å². The molecule has 0 aliphatic carbocycles. The molecule has 192 valence electrons. The van der Waals surface area contributed by atoms with Gasteiger partial charge >= 0.3 is 6.36 Å². The van der Waals surface area contributed by atoms with Crippen molar-refractivity contribution in [3.8, 4) is 22.8 Å². The van der Waals surface area contributed by atoms with Gasteiger partial charge < -0.3 is 20.1 Å². The second kappa shape index (κ2) is 10.2. The molecule has 1 atom stereocenters. The van der Waals surface area contributed by atoms with Gasteiger partial charge in [0.1, 0.15) is 11.3 Å².